The first-order valence-electron chi connectivity index (χ1n) is 6.63. The highest BCUT2D eigenvalue weighted by molar-refractivity contribution is 7.80. The van der Waals surface area contributed by atoms with E-state index in [9.17, 15) is 9.90 Å². The van der Waals surface area contributed by atoms with Crippen LogP contribution in [0.1, 0.15) is 10.4 Å². The van der Waals surface area contributed by atoms with Crippen molar-refractivity contribution < 1.29 is 9.90 Å². The zero-order valence-corrected chi connectivity index (χ0v) is 15.0. The molecule has 0 atom stereocenters. The maximum atomic E-state index is 11.4. The number of benzene rings is 2. The molecule has 0 saturated heterocycles. The lowest BCUT2D eigenvalue weighted by Crippen LogP contribution is -2.03. The topological polar surface area (TPSA) is 62.2 Å². The minimum Gasteiger partial charge on any atom is -0.478 e. The van der Waals surface area contributed by atoms with Crippen LogP contribution in [0, 0.1) is 0 Å². The van der Waals surface area contributed by atoms with Crippen molar-refractivity contribution in [3.8, 4) is 0 Å². The fraction of sp³-hybridized carbons (Fsp3) is 0. The summed E-state index contributed by atoms with van der Waals surface area (Å²) in [6.45, 7) is 0. The summed E-state index contributed by atoms with van der Waals surface area (Å²) in [5, 5.41) is 14.2. The van der Waals surface area contributed by atoms with Crippen LogP contribution in [0.3, 0.4) is 0 Å². The molecule has 8 heteroatoms. The number of thiol groups is 1. The summed E-state index contributed by atoms with van der Waals surface area (Å²) in [5.74, 6) is -1.10. The Morgan fingerprint density at radius 2 is 1.83 bits per heavy atom. The van der Waals surface area contributed by atoms with E-state index >= 15 is 0 Å². The van der Waals surface area contributed by atoms with E-state index in [0.29, 0.717) is 42.2 Å². The van der Waals surface area contributed by atoms with Crippen LogP contribution in [0.5, 0.6) is 0 Å². The lowest BCUT2D eigenvalue weighted by molar-refractivity contribution is 0.0698. The van der Waals surface area contributed by atoms with Crippen molar-refractivity contribution in [1.82, 2.24) is 4.98 Å². The molecule has 0 radical (unpaired) electrons. The minimum absolute atomic E-state index is 0.0419. The Labute approximate surface area is 157 Å². The van der Waals surface area contributed by atoms with E-state index in [2.05, 4.69) is 22.9 Å². The maximum Gasteiger partial charge on any atom is 0.337 e. The third-order valence-corrected chi connectivity index (χ3v) is 4.66. The van der Waals surface area contributed by atoms with Gasteiger partial charge >= 0.3 is 5.97 Å². The van der Waals surface area contributed by atoms with Crippen LogP contribution in [0.4, 0.5) is 11.4 Å². The van der Waals surface area contributed by atoms with E-state index < -0.39 is 5.97 Å². The largest absolute Gasteiger partial charge is 0.478 e. The Morgan fingerprint density at radius 1 is 1.12 bits per heavy atom. The first-order valence-corrected chi connectivity index (χ1v) is 8.21. The van der Waals surface area contributed by atoms with E-state index in [-0.39, 0.29) is 5.56 Å². The number of hydrogen-bond donors (Lipinski definition) is 3. The Balaban J connectivity index is 2.19. The summed E-state index contributed by atoms with van der Waals surface area (Å²) in [4.78, 5) is 16.2. The fourth-order valence-electron chi connectivity index (χ4n) is 2.25. The number of aromatic nitrogens is 1. The van der Waals surface area contributed by atoms with Gasteiger partial charge in [-0.05, 0) is 30.3 Å². The maximum absolute atomic E-state index is 11.4. The molecule has 0 saturated carbocycles. The van der Waals surface area contributed by atoms with Gasteiger partial charge in [0.05, 0.1) is 32.5 Å². The molecule has 2 aromatic carbocycles. The van der Waals surface area contributed by atoms with Gasteiger partial charge in [-0.25, -0.2) is 4.79 Å². The van der Waals surface area contributed by atoms with Gasteiger partial charge in [-0.3, -0.25) is 4.98 Å². The highest BCUT2D eigenvalue weighted by Gasteiger charge is 2.15. The van der Waals surface area contributed by atoms with Crippen LogP contribution < -0.4 is 5.32 Å². The molecule has 0 aliphatic rings. The Kier molecular flexibility index (Phi) is 4.78. The summed E-state index contributed by atoms with van der Waals surface area (Å²) in [5.41, 5.74) is 1.60. The fourth-order valence-corrected chi connectivity index (χ4v) is 2.97. The molecule has 0 spiro atoms. The number of anilines is 2. The van der Waals surface area contributed by atoms with Gasteiger partial charge in [0.2, 0.25) is 0 Å². The summed E-state index contributed by atoms with van der Waals surface area (Å²) < 4.78 is 0. The molecule has 3 aromatic rings. The molecule has 1 aromatic heterocycles. The van der Waals surface area contributed by atoms with Crippen LogP contribution in [0.25, 0.3) is 10.9 Å². The van der Waals surface area contributed by atoms with Crippen molar-refractivity contribution in [3.05, 3.63) is 57.2 Å². The second kappa shape index (κ2) is 6.69. The van der Waals surface area contributed by atoms with Crippen molar-refractivity contribution in [1.29, 1.82) is 0 Å². The van der Waals surface area contributed by atoms with Crippen molar-refractivity contribution in [2.45, 2.75) is 4.90 Å². The Hall–Kier alpha value is -1.66. The number of fused-ring (bicyclic) bond motifs is 1. The number of hydrogen-bond acceptors (Lipinski definition) is 4. The molecule has 0 amide bonds. The molecular formula is C16H9Cl3N2O2S. The van der Waals surface area contributed by atoms with E-state index in [0.717, 1.165) is 0 Å². The molecular weight excluding hydrogens is 391 g/mol. The van der Waals surface area contributed by atoms with Gasteiger partial charge in [-0.2, -0.15) is 0 Å². The van der Waals surface area contributed by atoms with Crippen molar-refractivity contribution in [2.24, 2.45) is 0 Å². The normalized spacial score (nSPS) is 10.8. The average Bonchev–Trinajstić information content (AvgIpc) is 2.53. The molecule has 24 heavy (non-hydrogen) atoms. The average molecular weight is 400 g/mol. The molecule has 0 fully saturated rings. The zero-order valence-electron chi connectivity index (χ0n) is 11.8. The first kappa shape index (κ1) is 17.2. The van der Waals surface area contributed by atoms with Gasteiger partial charge in [-0.1, -0.05) is 34.8 Å². The lowest BCUT2D eigenvalue weighted by Gasteiger charge is -2.14. The molecule has 3 rings (SSSR count). The quantitative estimate of drug-likeness (QED) is 0.478. The predicted molar refractivity (Wildman–Crippen MR) is 101 cm³/mol. The van der Waals surface area contributed by atoms with Gasteiger partial charge < -0.3 is 10.4 Å². The molecule has 0 aliphatic carbocycles. The van der Waals surface area contributed by atoms with E-state index in [1.165, 1.54) is 6.07 Å². The molecule has 4 nitrogen and oxygen atoms in total. The zero-order chi connectivity index (χ0) is 17.4. The van der Waals surface area contributed by atoms with E-state index in [1.54, 1.807) is 30.5 Å². The summed E-state index contributed by atoms with van der Waals surface area (Å²) in [7, 11) is 0. The van der Waals surface area contributed by atoms with Gasteiger partial charge in [-0.15, -0.1) is 12.6 Å². The number of halogens is 3. The smallest absolute Gasteiger partial charge is 0.337 e. The number of aromatic carboxylic acids is 1. The van der Waals surface area contributed by atoms with Crippen LogP contribution in [0.15, 0.2) is 41.4 Å². The van der Waals surface area contributed by atoms with Crippen molar-refractivity contribution in [2.75, 3.05) is 5.32 Å². The van der Waals surface area contributed by atoms with Gasteiger partial charge in [0.1, 0.15) is 0 Å². The molecule has 1 heterocycles. The monoisotopic (exact) mass is 398 g/mol. The van der Waals surface area contributed by atoms with E-state index in [4.69, 9.17) is 34.8 Å². The number of carbonyl (C=O) groups is 1. The number of carboxylic acids is 1. The Bertz CT molecular complexity index is 979. The van der Waals surface area contributed by atoms with Crippen LogP contribution in [0.2, 0.25) is 15.1 Å². The second-order valence-electron chi connectivity index (χ2n) is 4.92. The van der Waals surface area contributed by atoms with Crippen LogP contribution >= 0.6 is 47.4 Å². The third-order valence-electron chi connectivity index (χ3n) is 3.36. The SMILES string of the molecule is O=C(O)c1cc(Cl)ccc1Nc1c(S)cnc2cc(Cl)c(Cl)cc12. The first-order chi connectivity index (χ1) is 11.4. The van der Waals surface area contributed by atoms with Crippen LogP contribution in [-0.2, 0) is 0 Å². The molecule has 122 valence electrons. The number of nitrogens with one attached hydrogen (secondary N) is 1. The number of carboxylic acid groups (broad SMARTS) is 1. The third kappa shape index (κ3) is 3.26. The van der Waals surface area contributed by atoms with Crippen LogP contribution in [-0.4, -0.2) is 16.1 Å². The van der Waals surface area contributed by atoms with Gasteiger partial charge in [0, 0.05) is 21.5 Å². The molecule has 0 aliphatic heterocycles. The summed E-state index contributed by atoms with van der Waals surface area (Å²) >= 11 is 22.4. The van der Waals surface area contributed by atoms with Gasteiger partial charge in [0.25, 0.3) is 0 Å². The lowest BCUT2D eigenvalue weighted by atomic mass is 10.1. The molecule has 0 bridgehead atoms. The predicted octanol–water partition coefficient (Wildman–Crippen LogP) is 5.93. The standard InChI is InChI=1S/C16H9Cl3N2O2S/c17-7-1-2-12(9(3-7)16(22)23)21-15-8-4-10(18)11(19)5-13(8)20-6-14(15)24/h1-6,24H,(H,20,21)(H,22,23). The highest BCUT2D eigenvalue weighted by atomic mass is 35.5. The number of nitrogens with zero attached hydrogens (tertiary/aromatic N) is 1. The summed E-state index contributed by atoms with van der Waals surface area (Å²) in [6, 6.07) is 7.85. The highest BCUT2D eigenvalue weighted by Crippen LogP contribution is 2.36. The molecule has 0 unspecified atom stereocenters. The van der Waals surface area contributed by atoms with Crippen molar-refractivity contribution >= 4 is 75.7 Å². The number of rotatable bonds is 3. The van der Waals surface area contributed by atoms with E-state index in [1.807, 2.05) is 0 Å². The minimum atomic E-state index is -1.10. The Morgan fingerprint density at radius 3 is 2.54 bits per heavy atom. The molecule has 2 N–H and O–H groups in total. The van der Waals surface area contributed by atoms with Crippen molar-refractivity contribution in [3.63, 3.8) is 0 Å². The number of pyridine rings is 1. The summed E-state index contributed by atoms with van der Waals surface area (Å²) in [6.07, 6.45) is 1.55. The second-order valence-corrected chi connectivity index (χ2v) is 6.65. The van der Waals surface area contributed by atoms with Gasteiger partial charge in [0.15, 0.2) is 0 Å².